The van der Waals surface area contributed by atoms with Gasteiger partial charge in [0.15, 0.2) is 5.75 Å². The van der Waals surface area contributed by atoms with Gasteiger partial charge in [-0.15, -0.1) is 0 Å². The minimum atomic E-state index is 0.00227. The van der Waals surface area contributed by atoms with E-state index in [0.29, 0.717) is 5.02 Å². The highest BCUT2D eigenvalue weighted by atomic mass is 35.5. The Balaban J connectivity index is 2.53. The molecule has 0 atom stereocenters. The van der Waals surface area contributed by atoms with Crippen LogP contribution in [0.4, 0.5) is 0 Å². The van der Waals surface area contributed by atoms with Gasteiger partial charge in [-0.3, -0.25) is 5.11 Å². The van der Waals surface area contributed by atoms with Crippen LogP contribution in [-0.2, 0) is 18.1 Å². The first kappa shape index (κ1) is 7.90. The van der Waals surface area contributed by atoms with E-state index in [0.717, 1.165) is 30.6 Å². The Morgan fingerprint density at radius 2 is 2.25 bits per heavy atom. The summed E-state index contributed by atoms with van der Waals surface area (Å²) in [5.74, 6) is 0.00227. The predicted molar refractivity (Wildman–Crippen MR) is 47.0 cm³/mol. The maximum absolute atomic E-state index is 11.1. The fourth-order valence-electron chi connectivity index (χ4n) is 1.54. The summed E-state index contributed by atoms with van der Waals surface area (Å²) in [7, 11) is 0. The van der Waals surface area contributed by atoms with Crippen molar-refractivity contribution < 1.29 is 5.11 Å². The first-order valence-corrected chi connectivity index (χ1v) is 4.34. The summed E-state index contributed by atoms with van der Waals surface area (Å²) in [5, 5.41) is 14.9. The van der Waals surface area contributed by atoms with Crippen molar-refractivity contribution in [3.8, 4) is 5.75 Å². The zero-order valence-electron chi connectivity index (χ0n) is 6.56. The van der Waals surface area contributed by atoms with Crippen LogP contribution in [0.1, 0.15) is 11.1 Å². The second kappa shape index (κ2) is 2.96. The van der Waals surface area contributed by atoms with E-state index < -0.39 is 0 Å². The Kier molecular flexibility index (Phi) is 1.95. The SMILES string of the molecule is [O]c1cc(Cl)c2c(c1)CNCC2. The lowest BCUT2D eigenvalue weighted by atomic mass is 10.0. The lowest BCUT2D eigenvalue weighted by Gasteiger charge is -2.17. The van der Waals surface area contributed by atoms with Crippen molar-refractivity contribution >= 4 is 11.6 Å². The summed E-state index contributed by atoms with van der Waals surface area (Å²) in [6.07, 6.45) is 0.925. The normalized spacial score (nSPS) is 15.8. The standard InChI is InChI=1S/C9H9ClNO/c10-9-4-7(12)3-6-5-11-2-1-8(6)9/h3-4,11H,1-2,5H2. The van der Waals surface area contributed by atoms with Gasteiger partial charge in [0.25, 0.3) is 0 Å². The topological polar surface area (TPSA) is 31.9 Å². The van der Waals surface area contributed by atoms with Gasteiger partial charge in [-0.25, -0.2) is 0 Å². The van der Waals surface area contributed by atoms with E-state index in [9.17, 15) is 5.11 Å². The molecule has 2 rings (SSSR count). The Hall–Kier alpha value is -0.730. The molecule has 2 nitrogen and oxygen atoms in total. The number of nitrogens with one attached hydrogen (secondary N) is 1. The predicted octanol–water partition coefficient (Wildman–Crippen LogP) is 2.13. The number of halogens is 1. The first-order valence-electron chi connectivity index (χ1n) is 3.96. The first-order chi connectivity index (χ1) is 5.77. The third kappa shape index (κ3) is 1.28. The molecule has 3 heteroatoms. The molecule has 0 bridgehead atoms. The second-order valence-corrected chi connectivity index (χ2v) is 3.38. The van der Waals surface area contributed by atoms with E-state index in [-0.39, 0.29) is 5.75 Å². The maximum atomic E-state index is 11.1. The summed E-state index contributed by atoms with van der Waals surface area (Å²) >= 11 is 5.92. The Bertz CT molecular complexity index is 312. The highest BCUT2D eigenvalue weighted by Crippen LogP contribution is 2.28. The fourth-order valence-corrected chi connectivity index (χ4v) is 1.86. The van der Waals surface area contributed by atoms with Crippen LogP contribution in [0, 0.1) is 0 Å². The quantitative estimate of drug-likeness (QED) is 0.655. The average Bonchev–Trinajstić information content (AvgIpc) is 2.04. The molecule has 0 spiro atoms. The van der Waals surface area contributed by atoms with Crippen molar-refractivity contribution in [1.29, 1.82) is 0 Å². The van der Waals surface area contributed by atoms with Crippen LogP contribution in [0.3, 0.4) is 0 Å². The fraction of sp³-hybridized carbons (Fsp3) is 0.333. The molecule has 1 aliphatic heterocycles. The van der Waals surface area contributed by atoms with Gasteiger partial charge in [-0.1, -0.05) is 11.6 Å². The van der Waals surface area contributed by atoms with Crippen LogP contribution >= 0.6 is 11.6 Å². The molecule has 0 amide bonds. The molecule has 0 saturated heterocycles. The van der Waals surface area contributed by atoms with Crippen molar-refractivity contribution in [1.82, 2.24) is 5.32 Å². The van der Waals surface area contributed by atoms with Gasteiger partial charge in [0, 0.05) is 17.6 Å². The molecule has 1 heterocycles. The number of hydrogen-bond acceptors (Lipinski definition) is 1. The van der Waals surface area contributed by atoms with Crippen molar-refractivity contribution in [2.24, 2.45) is 0 Å². The van der Waals surface area contributed by atoms with Crippen molar-refractivity contribution in [3.05, 3.63) is 28.3 Å². The molecule has 1 radical (unpaired) electrons. The molecule has 0 aromatic heterocycles. The molecule has 1 aromatic rings. The highest BCUT2D eigenvalue weighted by molar-refractivity contribution is 6.31. The van der Waals surface area contributed by atoms with E-state index in [4.69, 9.17) is 11.6 Å². The maximum Gasteiger partial charge on any atom is 0.180 e. The Labute approximate surface area is 76.2 Å². The third-order valence-electron chi connectivity index (χ3n) is 2.13. The van der Waals surface area contributed by atoms with Crippen LogP contribution in [0.15, 0.2) is 12.1 Å². The molecule has 1 aromatic carbocycles. The van der Waals surface area contributed by atoms with E-state index in [2.05, 4.69) is 5.32 Å². The van der Waals surface area contributed by atoms with Gasteiger partial charge < -0.3 is 5.32 Å². The van der Waals surface area contributed by atoms with E-state index >= 15 is 0 Å². The molecular formula is C9H9ClNO. The van der Waals surface area contributed by atoms with Gasteiger partial charge in [-0.2, -0.15) is 0 Å². The summed E-state index contributed by atoms with van der Waals surface area (Å²) in [6, 6.07) is 3.15. The largest absolute Gasteiger partial charge is 0.312 e. The smallest absolute Gasteiger partial charge is 0.180 e. The molecule has 0 saturated carbocycles. The van der Waals surface area contributed by atoms with Gasteiger partial charge in [0.05, 0.1) is 0 Å². The van der Waals surface area contributed by atoms with Crippen LogP contribution < -0.4 is 5.32 Å². The van der Waals surface area contributed by atoms with Crippen LogP contribution in [0.2, 0.25) is 5.02 Å². The minimum Gasteiger partial charge on any atom is -0.312 e. The van der Waals surface area contributed by atoms with Gasteiger partial charge in [0.2, 0.25) is 0 Å². The number of benzene rings is 1. The summed E-state index contributed by atoms with van der Waals surface area (Å²) < 4.78 is 0. The molecule has 1 aliphatic rings. The molecular weight excluding hydrogens is 174 g/mol. The highest BCUT2D eigenvalue weighted by Gasteiger charge is 2.13. The second-order valence-electron chi connectivity index (χ2n) is 2.97. The lowest BCUT2D eigenvalue weighted by Crippen LogP contribution is -2.23. The zero-order valence-corrected chi connectivity index (χ0v) is 7.32. The number of fused-ring (bicyclic) bond motifs is 1. The molecule has 0 fully saturated rings. The molecule has 0 aliphatic carbocycles. The van der Waals surface area contributed by atoms with Gasteiger partial charge in [0.1, 0.15) is 0 Å². The van der Waals surface area contributed by atoms with E-state index in [1.54, 1.807) is 6.07 Å². The number of rotatable bonds is 0. The van der Waals surface area contributed by atoms with Crippen LogP contribution in [0.25, 0.3) is 0 Å². The van der Waals surface area contributed by atoms with Crippen LogP contribution in [-0.4, -0.2) is 6.54 Å². The zero-order chi connectivity index (χ0) is 8.55. The van der Waals surface area contributed by atoms with E-state index in [1.165, 1.54) is 6.07 Å². The minimum absolute atomic E-state index is 0.00227. The Morgan fingerprint density at radius 1 is 1.42 bits per heavy atom. The van der Waals surface area contributed by atoms with E-state index in [1.807, 2.05) is 0 Å². The molecule has 1 N–H and O–H groups in total. The monoisotopic (exact) mass is 182 g/mol. The lowest BCUT2D eigenvalue weighted by molar-refractivity contribution is 0.354. The summed E-state index contributed by atoms with van der Waals surface area (Å²) in [6.45, 7) is 1.72. The van der Waals surface area contributed by atoms with Gasteiger partial charge in [-0.05, 0) is 30.2 Å². The van der Waals surface area contributed by atoms with Gasteiger partial charge >= 0.3 is 0 Å². The van der Waals surface area contributed by atoms with Crippen LogP contribution in [0.5, 0.6) is 5.75 Å². The van der Waals surface area contributed by atoms with Crippen molar-refractivity contribution in [3.63, 3.8) is 0 Å². The Morgan fingerprint density at radius 3 is 3.08 bits per heavy atom. The third-order valence-corrected chi connectivity index (χ3v) is 2.47. The summed E-state index contributed by atoms with van der Waals surface area (Å²) in [5.41, 5.74) is 2.19. The molecule has 12 heavy (non-hydrogen) atoms. The number of hydrogen-bond donors (Lipinski definition) is 1. The average molecular weight is 183 g/mol. The summed E-state index contributed by atoms with van der Waals surface area (Å²) in [4.78, 5) is 0. The molecule has 63 valence electrons. The van der Waals surface area contributed by atoms with Crippen molar-refractivity contribution in [2.45, 2.75) is 13.0 Å². The van der Waals surface area contributed by atoms with Crippen molar-refractivity contribution in [2.75, 3.05) is 6.54 Å². The molecule has 0 unspecified atom stereocenters.